The molecule has 19 heavy (non-hydrogen) atoms. The Morgan fingerprint density at radius 1 is 1.16 bits per heavy atom. The fraction of sp³-hybridized carbons (Fsp3) is 0.615. The molecule has 2 rings (SSSR count). The van der Waals surface area contributed by atoms with Gasteiger partial charge in [0.1, 0.15) is 0 Å². The minimum Gasteiger partial charge on any atom is -0.451 e. The van der Waals surface area contributed by atoms with Crippen LogP contribution in [-0.4, -0.2) is 37.2 Å². The van der Waals surface area contributed by atoms with E-state index in [-0.39, 0.29) is 18.0 Å². The Morgan fingerprint density at radius 2 is 1.79 bits per heavy atom. The molecule has 1 aliphatic heterocycles. The van der Waals surface area contributed by atoms with E-state index in [0.717, 1.165) is 5.46 Å². The third-order valence-electron chi connectivity index (χ3n) is 3.61. The van der Waals surface area contributed by atoms with E-state index in [1.165, 1.54) is 0 Å². The molecule has 0 radical (unpaired) electrons. The lowest BCUT2D eigenvalue weighted by atomic mass is 9.80. The Bertz CT molecular complexity index is 417. The number of methoxy groups -OCH3 is 1. The van der Waals surface area contributed by atoms with Crippen molar-refractivity contribution in [2.45, 2.75) is 38.9 Å². The fourth-order valence-electron chi connectivity index (χ4n) is 1.71. The van der Waals surface area contributed by atoms with Crippen LogP contribution in [0.5, 0.6) is 5.88 Å². The van der Waals surface area contributed by atoms with Crippen LogP contribution >= 0.6 is 0 Å². The molecule has 1 saturated heterocycles. The monoisotopic (exact) mass is 265 g/mol. The van der Waals surface area contributed by atoms with Gasteiger partial charge in [-0.05, 0) is 27.7 Å². The third-order valence-corrected chi connectivity index (χ3v) is 3.61. The van der Waals surface area contributed by atoms with Gasteiger partial charge in [0.25, 0.3) is 0 Å². The van der Waals surface area contributed by atoms with E-state index in [1.807, 2.05) is 33.8 Å². The number of nitrogens with zero attached hydrogens (tertiary/aromatic N) is 1. The average Bonchev–Trinajstić information content (AvgIpc) is 2.56. The topological polar surface area (TPSA) is 49.8 Å². The molecule has 1 aromatic heterocycles. The second-order valence-electron chi connectivity index (χ2n) is 5.57. The fourth-order valence-corrected chi connectivity index (χ4v) is 1.71. The summed E-state index contributed by atoms with van der Waals surface area (Å²) >= 11 is 0. The summed E-state index contributed by atoms with van der Waals surface area (Å²) in [6, 6.07) is 3.67. The number of aromatic nitrogens is 1. The van der Waals surface area contributed by atoms with Crippen molar-refractivity contribution in [2.75, 3.05) is 13.9 Å². The van der Waals surface area contributed by atoms with Crippen LogP contribution in [0.1, 0.15) is 27.7 Å². The molecule has 0 amide bonds. The zero-order valence-electron chi connectivity index (χ0n) is 12.1. The Morgan fingerprint density at radius 3 is 2.26 bits per heavy atom. The molecule has 1 aliphatic rings. The minimum atomic E-state index is -0.394. The summed E-state index contributed by atoms with van der Waals surface area (Å²) in [5.74, 6) is 0.516. The van der Waals surface area contributed by atoms with Crippen LogP contribution in [0.2, 0.25) is 0 Å². The maximum Gasteiger partial charge on any atom is 0.496 e. The molecule has 0 spiro atoms. The molecule has 0 unspecified atom stereocenters. The molecule has 5 nitrogen and oxygen atoms in total. The molecule has 104 valence electrons. The Labute approximate surface area is 114 Å². The number of hydrogen-bond acceptors (Lipinski definition) is 5. The summed E-state index contributed by atoms with van der Waals surface area (Å²) in [6.07, 6.45) is 1.70. The highest BCUT2D eigenvalue weighted by Crippen LogP contribution is 2.36. The first-order valence-corrected chi connectivity index (χ1v) is 6.29. The van der Waals surface area contributed by atoms with Crippen molar-refractivity contribution in [1.82, 2.24) is 4.98 Å². The van der Waals surface area contributed by atoms with Gasteiger partial charge in [0.2, 0.25) is 5.88 Å². The van der Waals surface area contributed by atoms with E-state index < -0.39 is 7.12 Å². The molecule has 1 fully saturated rings. The normalized spacial score (nSPS) is 20.6. The lowest BCUT2D eigenvalue weighted by Gasteiger charge is -2.32. The predicted octanol–water partition coefficient (Wildman–Crippen LogP) is 1.36. The van der Waals surface area contributed by atoms with Gasteiger partial charge in [0.15, 0.2) is 6.79 Å². The number of ether oxygens (including phenoxy) is 2. The first kappa shape index (κ1) is 14.3. The van der Waals surface area contributed by atoms with Crippen LogP contribution in [0.25, 0.3) is 0 Å². The summed E-state index contributed by atoms with van der Waals surface area (Å²) in [7, 11) is 1.17. The van der Waals surface area contributed by atoms with Gasteiger partial charge in [-0.1, -0.05) is 6.07 Å². The van der Waals surface area contributed by atoms with E-state index in [9.17, 15) is 0 Å². The predicted molar refractivity (Wildman–Crippen MR) is 72.5 cm³/mol. The summed E-state index contributed by atoms with van der Waals surface area (Å²) in [5.41, 5.74) is 0.189. The van der Waals surface area contributed by atoms with Gasteiger partial charge in [-0.2, -0.15) is 0 Å². The number of rotatable bonds is 4. The van der Waals surface area contributed by atoms with E-state index in [1.54, 1.807) is 19.4 Å². The third kappa shape index (κ3) is 2.91. The molecule has 2 heterocycles. The second-order valence-corrected chi connectivity index (χ2v) is 5.57. The molecular formula is C13H20BNO4. The van der Waals surface area contributed by atoms with E-state index >= 15 is 0 Å². The van der Waals surface area contributed by atoms with Crippen LogP contribution in [0.4, 0.5) is 0 Å². The van der Waals surface area contributed by atoms with Crippen molar-refractivity contribution >= 4 is 12.6 Å². The van der Waals surface area contributed by atoms with Crippen LogP contribution in [0.15, 0.2) is 18.3 Å². The largest absolute Gasteiger partial charge is 0.496 e. The first-order chi connectivity index (χ1) is 8.86. The summed E-state index contributed by atoms with van der Waals surface area (Å²) in [5, 5.41) is 0. The highest BCUT2D eigenvalue weighted by Gasteiger charge is 2.51. The zero-order chi connectivity index (χ0) is 14.1. The van der Waals surface area contributed by atoms with Crippen molar-refractivity contribution in [1.29, 1.82) is 0 Å². The van der Waals surface area contributed by atoms with Gasteiger partial charge >= 0.3 is 7.12 Å². The van der Waals surface area contributed by atoms with Crippen molar-refractivity contribution in [3.63, 3.8) is 0 Å². The Balaban J connectivity index is 2.08. The van der Waals surface area contributed by atoms with E-state index in [2.05, 4.69) is 4.98 Å². The van der Waals surface area contributed by atoms with Crippen LogP contribution in [0, 0.1) is 0 Å². The highest BCUT2D eigenvalue weighted by molar-refractivity contribution is 6.62. The maximum absolute atomic E-state index is 5.94. The van der Waals surface area contributed by atoms with Gasteiger partial charge in [-0.25, -0.2) is 4.98 Å². The summed E-state index contributed by atoms with van der Waals surface area (Å²) < 4.78 is 21.9. The molecule has 1 aromatic rings. The lowest BCUT2D eigenvalue weighted by Crippen LogP contribution is -2.41. The molecule has 0 atom stereocenters. The van der Waals surface area contributed by atoms with Crippen molar-refractivity contribution in [2.24, 2.45) is 0 Å². The van der Waals surface area contributed by atoms with Gasteiger partial charge in [0, 0.05) is 24.8 Å². The average molecular weight is 265 g/mol. The summed E-state index contributed by atoms with van der Waals surface area (Å²) in [4.78, 5) is 4.19. The molecule has 0 saturated carbocycles. The highest BCUT2D eigenvalue weighted by atomic mass is 16.7. The second kappa shape index (κ2) is 5.11. The van der Waals surface area contributed by atoms with Gasteiger partial charge in [-0.15, -0.1) is 0 Å². The molecular weight excluding hydrogens is 245 g/mol. The minimum absolute atomic E-state index is 0.183. The number of pyridine rings is 1. The molecule has 0 aliphatic carbocycles. The Hall–Kier alpha value is -1.11. The van der Waals surface area contributed by atoms with Gasteiger partial charge in [0.05, 0.1) is 11.2 Å². The number of hydrogen-bond donors (Lipinski definition) is 0. The molecule has 6 heteroatoms. The van der Waals surface area contributed by atoms with E-state index in [0.29, 0.717) is 5.88 Å². The SMILES string of the molecule is COCOc1ccc(B2OC(C)(C)C(C)(C)O2)cn1. The van der Waals surface area contributed by atoms with E-state index in [4.69, 9.17) is 18.8 Å². The quantitative estimate of drug-likeness (QED) is 0.607. The maximum atomic E-state index is 5.94. The zero-order valence-corrected chi connectivity index (χ0v) is 12.1. The van der Waals surface area contributed by atoms with Crippen molar-refractivity contribution in [3.8, 4) is 5.88 Å². The van der Waals surface area contributed by atoms with Crippen molar-refractivity contribution < 1.29 is 18.8 Å². The van der Waals surface area contributed by atoms with Crippen molar-refractivity contribution in [3.05, 3.63) is 18.3 Å². The Kier molecular flexibility index (Phi) is 3.85. The van der Waals surface area contributed by atoms with Gasteiger partial charge < -0.3 is 18.8 Å². The smallest absolute Gasteiger partial charge is 0.451 e. The van der Waals surface area contributed by atoms with Crippen LogP contribution < -0.4 is 10.2 Å². The molecule has 0 aromatic carbocycles. The molecule has 0 N–H and O–H groups in total. The van der Waals surface area contributed by atoms with Crippen LogP contribution in [-0.2, 0) is 14.0 Å². The summed E-state index contributed by atoms with van der Waals surface area (Å²) in [6.45, 7) is 8.28. The molecule has 0 bridgehead atoms. The van der Waals surface area contributed by atoms with Gasteiger partial charge in [-0.3, -0.25) is 0 Å². The van der Waals surface area contributed by atoms with Crippen LogP contribution in [0.3, 0.4) is 0 Å². The standard InChI is InChI=1S/C13H20BNO4/c1-12(2)13(3,4)19-14(18-12)10-6-7-11(15-8-10)17-9-16-5/h6-8H,9H2,1-5H3. The lowest BCUT2D eigenvalue weighted by molar-refractivity contribution is 0.00578. The first-order valence-electron chi connectivity index (χ1n) is 6.29.